The van der Waals surface area contributed by atoms with E-state index in [0.29, 0.717) is 0 Å². The summed E-state index contributed by atoms with van der Waals surface area (Å²) in [6.07, 6.45) is 3.79. The zero-order valence-corrected chi connectivity index (χ0v) is 17.3. The molecule has 2 aromatic carbocycles. The Hall–Kier alpha value is -2.70. The van der Waals surface area contributed by atoms with E-state index in [0.717, 1.165) is 60.0 Å². The summed E-state index contributed by atoms with van der Waals surface area (Å²) >= 11 is 1.67. The van der Waals surface area contributed by atoms with Crippen molar-refractivity contribution in [2.45, 2.75) is 19.4 Å². The smallest absolute Gasteiger partial charge is 0.228 e. The van der Waals surface area contributed by atoms with Gasteiger partial charge in [0.05, 0.1) is 19.6 Å². The number of hydrogen-bond donors (Lipinski definition) is 1. The van der Waals surface area contributed by atoms with Gasteiger partial charge in [0.1, 0.15) is 10.8 Å². The number of ether oxygens (including phenoxy) is 1. The Morgan fingerprint density at radius 3 is 2.83 bits per heavy atom. The maximum Gasteiger partial charge on any atom is 0.228 e. The molecule has 1 aliphatic heterocycles. The van der Waals surface area contributed by atoms with Gasteiger partial charge in [0.2, 0.25) is 5.91 Å². The minimum absolute atomic E-state index is 0.00682. The van der Waals surface area contributed by atoms with Gasteiger partial charge < -0.3 is 10.1 Å². The Kier molecular flexibility index (Phi) is 6.22. The first kappa shape index (κ1) is 19.6. The fourth-order valence-corrected chi connectivity index (χ4v) is 4.44. The Balaban J connectivity index is 1.45. The summed E-state index contributed by atoms with van der Waals surface area (Å²) in [6, 6.07) is 15.8. The van der Waals surface area contributed by atoms with Crippen LogP contribution in [-0.2, 0) is 11.3 Å². The van der Waals surface area contributed by atoms with Crippen LogP contribution in [-0.4, -0.2) is 36.0 Å². The van der Waals surface area contributed by atoms with Crippen molar-refractivity contribution in [3.8, 4) is 16.9 Å². The number of hydrogen-bond acceptors (Lipinski definition) is 5. The molecule has 1 unspecified atom stereocenters. The molecule has 1 amide bonds. The van der Waals surface area contributed by atoms with Crippen LogP contribution in [0.4, 0.5) is 5.69 Å². The standard InChI is InChI=1S/C23H25N3O2S/c1-28-19-10-8-17(9-11-19)20-6-2-3-7-21(20)25-23(27)18-5-4-13-26(15-18)16-22-24-12-14-29-22/h2-3,6-12,14,18H,4-5,13,15-16H2,1H3,(H,25,27). The number of nitrogens with zero attached hydrogens (tertiary/aromatic N) is 2. The fourth-order valence-electron chi connectivity index (χ4n) is 3.78. The van der Waals surface area contributed by atoms with Crippen molar-refractivity contribution in [2.75, 3.05) is 25.5 Å². The second-order valence-electron chi connectivity index (χ2n) is 7.26. The molecule has 4 rings (SSSR count). The van der Waals surface area contributed by atoms with Gasteiger partial charge in [-0.15, -0.1) is 11.3 Å². The Labute approximate surface area is 175 Å². The predicted molar refractivity (Wildman–Crippen MR) is 117 cm³/mol. The van der Waals surface area contributed by atoms with Gasteiger partial charge >= 0.3 is 0 Å². The normalized spacial score (nSPS) is 17.1. The molecule has 1 aliphatic rings. The first-order valence-corrected chi connectivity index (χ1v) is 10.8. The summed E-state index contributed by atoms with van der Waals surface area (Å²) in [5.74, 6) is 0.903. The number of likely N-dealkylation sites (tertiary alicyclic amines) is 1. The number of amides is 1. The Bertz CT molecular complexity index is 941. The molecule has 3 aromatic rings. The number of methoxy groups -OCH3 is 1. The van der Waals surface area contributed by atoms with E-state index in [2.05, 4.69) is 15.2 Å². The number of nitrogens with one attached hydrogen (secondary N) is 1. The van der Waals surface area contributed by atoms with Crippen molar-refractivity contribution in [1.82, 2.24) is 9.88 Å². The van der Waals surface area contributed by atoms with Gasteiger partial charge in [-0.25, -0.2) is 4.98 Å². The van der Waals surface area contributed by atoms with Crippen molar-refractivity contribution < 1.29 is 9.53 Å². The van der Waals surface area contributed by atoms with Gasteiger partial charge in [-0.2, -0.15) is 0 Å². The molecule has 0 aliphatic carbocycles. The largest absolute Gasteiger partial charge is 0.497 e. The van der Waals surface area contributed by atoms with Crippen molar-refractivity contribution in [3.63, 3.8) is 0 Å². The average Bonchev–Trinajstić information content (AvgIpc) is 3.27. The highest BCUT2D eigenvalue weighted by molar-refractivity contribution is 7.09. The number of para-hydroxylation sites is 1. The van der Waals surface area contributed by atoms with E-state index in [1.54, 1.807) is 18.4 Å². The summed E-state index contributed by atoms with van der Waals surface area (Å²) in [4.78, 5) is 19.7. The molecule has 1 N–H and O–H groups in total. The zero-order chi connectivity index (χ0) is 20.1. The van der Waals surface area contributed by atoms with Crippen molar-refractivity contribution >= 4 is 22.9 Å². The zero-order valence-electron chi connectivity index (χ0n) is 16.5. The second-order valence-corrected chi connectivity index (χ2v) is 8.24. The second kappa shape index (κ2) is 9.20. The summed E-state index contributed by atoms with van der Waals surface area (Å²) in [5.41, 5.74) is 2.91. The molecule has 29 heavy (non-hydrogen) atoms. The number of piperidine rings is 1. The molecular formula is C23H25N3O2S. The third kappa shape index (κ3) is 4.83. The van der Waals surface area contributed by atoms with E-state index in [4.69, 9.17) is 4.74 Å². The number of rotatable bonds is 6. The molecule has 5 nitrogen and oxygen atoms in total. The average molecular weight is 408 g/mol. The molecule has 150 valence electrons. The molecule has 1 atom stereocenters. The van der Waals surface area contributed by atoms with Crippen molar-refractivity contribution in [1.29, 1.82) is 0 Å². The first-order valence-electron chi connectivity index (χ1n) is 9.88. The van der Waals surface area contributed by atoms with E-state index in [9.17, 15) is 4.79 Å². The molecule has 0 spiro atoms. The van der Waals surface area contributed by atoms with Gasteiger partial charge in [0, 0.05) is 29.4 Å². The van der Waals surface area contributed by atoms with Crippen LogP contribution in [0.2, 0.25) is 0 Å². The molecule has 1 aromatic heterocycles. The van der Waals surface area contributed by atoms with Crippen molar-refractivity contribution in [2.24, 2.45) is 5.92 Å². The summed E-state index contributed by atoms with van der Waals surface area (Å²) in [6.45, 7) is 2.62. The number of carbonyl (C=O) groups excluding carboxylic acids is 1. The highest BCUT2D eigenvalue weighted by Gasteiger charge is 2.26. The molecule has 0 saturated carbocycles. The Morgan fingerprint density at radius 1 is 1.24 bits per heavy atom. The van der Waals surface area contributed by atoms with E-state index >= 15 is 0 Å². The van der Waals surface area contributed by atoms with E-state index in [1.165, 1.54) is 0 Å². The maximum atomic E-state index is 13.0. The topological polar surface area (TPSA) is 54.5 Å². The Morgan fingerprint density at radius 2 is 2.07 bits per heavy atom. The van der Waals surface area contributed by atoms with E-state index in [-0.39, 0.29) is 11.8 Å². The lowest BCUT2D eigenvalue weighted by Crippen LogP contribution is -2.40. The van der Waals surface area contributed by atoms with Crippen LogP contribution in [0.15, 0.2) is 60.1 Å². The summed E-state index contributed by atoms with van der Waals surface area (Å²) in [7, 11) is 1.66. The van der Waals surface area contributed by atoms with Crippen LogP contribution in [0.1, 0.15) is 17.8 Å². The first-order chi connectivity index (χ1) is 14.2. The number of aromatic nitrogens is 1. The molecular weight excluding hydrogens is 382 g/mol. The molecule has 0 bridgehead atoms. The van der Waals surface area contributed by atoms with Crippen LogP contribution in [0, 0.1) is 5.92 Å². The lowest BCUT2D eigenvalue weighted by Gasteiger charge is -2.31. The van der Waals surface area contributed by atoms with E-state index < -0.39 is 0 Å². The maximum absolute atomic E-state index is 13.0. The highest BCUT2D eigenvalue weighted by atomic mass is 32.1. The van der Waals surface area contributed by atoms with Gasteiger partial charge in [0.15, 0.2) is 0 Å². The molecule has 1 saturated heterocycles. The third-order valence-electron chi connectivity index (χ3n) is 5.30. The van der Waals surface area contributed by atoms with Crippen LogP contribution >= 0.6 is 11.3 Å². The molecule has 0 radical (unpaired) electrons. The third-order valence-corrected chi connectivity index (χ3v) is 6.07. The molecule has 2 heterocycles. The number of thiazole rings is 1. The number of anilines is 1. The van der Waals surface area contributed by atoms with Gasteiger partial charge in [0.25, 0.3) is 0 Å². The molecule has 6 heteroatoms. The quantitative estimate of drug-likeness (QED) is 0.645. The fraction of sp³-hybridized carbons (Fsp3) is 0.304. The number of carbonyl (C=O) groups is 1. The van der Waals surface area contributed by atoms with Crippen LogP contribution in [0.25, 0.3) is 11.1 Å². The lowest BCUT2D eigenvalue weighted by molar-refractivity contribution is -0.121. The van der Waals surface area contributed by atoms with Crippen molar-refractivity contribution in [3.05, 3.63) is 65.1 Å². The van der Waals surface area contributed by atoms with Crippen LogP contribution in [0.5, 0.6) is 5.75 Å². The van der Waals surface area contributed by atoms with Crippen LogP contribution in [0.3, 0.4) is 0 Å². The summed E-state index contributed by atoms with van der Waals surface area (Å²) in [5, 5.41) is 6.28. The van der Waals surface area contributed by atoms with Gasteiger partial charge in [-0.05, 0) is 43.1 Å². The van der Waals surface area contributed by atoms with E-state index in [1.807, 2.05) is 60.1 Å². The van der Waals surface area contributed by atoms with Crippen LogP contribution < -0.4 is 10.1 Å². The minimum atomic E-state index is -0.00682. The molecule has 1 fully saturated rings. The van der Waals surface area contributed by atoms with Gasteiger partial charge in [-0.3, -0.25) is 9.69 Å². The van der Waals surface area contributed by atoms with Gasteiger partial charge in [-0.1, -0.05) is 30.3 Å². The number of benzene rings is 2. The lowest BCUT2D eigenvalue weighted by atomic mass is 9.96. The highest BCUT2D eigenvalue weighted by Crippen LogP contribution is 2.30. The summed E-state index contributed by atoms with van der Waals surface area (Å²) < 4.78 is 5.25. The SMILES string of the molecule is COc1ccc(-c2ccccc2NC(=O)C2CCCN(Cc3nccs3)C2)cc1. The minimum Gasteiger partial charge on any atom is -0.497 e. The monoisotopic (exact) mass is 407 g/mol. The predicted octanol–water partition coefficient (Wildman–Crippen LogP) is 4.67.